The van der Waals surface area contributed by atoms with Crippen molar-refractivity contribution in [1.29, 1.82) is 0 Å². The summed E-state index contributed by atoms with van der Waals surface area (Å²) < 4.78 is 13.0. The molecule has 17 atom stereocenters. The molecule has 2 heterocycles. The molecular weight excluding hydrogens is 1110 g/mol. The van der Waals surface area contributed by atoms with E-state index in [1.807, 2.05) is 0 Å². The van der Waals surface area contributed by atoms with Gasteiger partial charge in [-0.1, -0.05) is 162 Å². The SMILES string of the molecule is CC(CCCc1ccccc1)CCC(O)C12C(O)CCC(C)(C3CCC45CC6(CCC7(CCCC7)C6)C6CC7(c8ccccc8)CCCCC7c7ccc8cccc(c8c7C64)C5C3)C1C1CC(C)(C#CCC3(CCCCC3)C(=O)O1)C2(O)CCC1=CC(=O)OC1. The van der Waals surface area contributed by atoms with Gasteiger partial charge in [-0.25, -0.2) is 4.79 Å². The minimum absolute atomic E-state index is 0.0693. The molecule has 2 aliphatic heterocycles. The molecule has 4 spiro atoms. The Morgan fingerprint density at radius 3 is 2.28 bits per heavy atom. The third kappa shape index (κ3) is 8.85. The summed E-state index contributed by atoms with van der Waals surface area (Å²) in [4.78, 5) is 28.6. The van der Waals surface area contributed by atoms with Gasteiger partial charge in [-0.3, -0.25) is 4.79 Å². The molecule has 17 unspecified atom stereocenters. The number of ether oxygens (including phenoxy) is 2. The highest BCUT2D eigenvalue weighted by Crippen LogP contribution is 2.83. The maximum Gasteiger partial charge on any atom is 0.331 e. The van der Waals surface area contributed by atoms with Crippen LogP contribution in [0.3, 0.4) is 0 Å². The fourth-order valence-corrected chi connectivity index (χ4v) is 26.1. The van der Waals surface area contributed by atoms with E-state index in [4.69, 9.17) is 9.47 Å². The number of carbonyl (C=O) groups is 2. The van der Waals surface area contributed by atoms with Crippen LogP contribution >= 0.6 is 0 Å². The lowest BCUT2D eigenvalue weighted by atomic mass is 9.34. The van der Waals surface area contributed by atoms with Gasteiger partial charge in [0.05, 0.1) is 34.1 Å². The highest BCUT2D eigenvalue weighted by molar-refractivity contribution is 5.93. The van der Waals surface area contributed by atoms with Crippen molar-refractivity contribution in [2.75, 3.05) is 6.61 Å². The first kappa shape index (κ1) is 60.2. The van der Waals surface area contributed by atoms with Crippen LogP contribution < -0.4 is 0 Å². The Morgan fingerprint density at radius 2 is 1.49 bits per heavy atom. The molecule has 0 aromatic heterocycles. The highest BCUT2D eigenvalue weighted by Gasteiger charge is 2.79. The molecule has 0 amide bonds. The van der Waals surface area contributed by atoms with E-state index in [9.17, 15) is 15.0 Å². The monoisotopic (exact) mass is 1210 g/mol. The van der Waals surface area contributed by atoms with Crippen LogP contribution in [0, 0.1) is 73.4 Å². The fourth-order valence-electron chi connectivity index (χ4n) is 26.1. The van der Waals surface area contributed by atoms with E-state index in [0.717, 1.165) is 82.6 Å². The lowest BCUT2D eigenvalue weighted by Crippen LogP contribution is -2.79. The van der Waals surface area contributed by atoms with E-state index < -0.39 is 51.5 Å². The third-order valence-corrected chi connectivity index (χ3v) is 30.0. The molecule has 4 aromatic rings. The largest absolute Gasteiger partial charge is 0.462 e. The van der Waals surface area contributed by atoms with E-state index in [-0.39, 0.29) is 53.0 Å². The van der Waals surface area contributed by atoms with Crippen LogP contribution in [0.4, 0.5) is 0 Å². The Balaban J connectivity index is 0.848. The molecule has 7 heteroatoms. The van der Waals surface area contributed by atoms with E-state index in [0.29, 0.717) is 67.6 Å². The molecule has 8 saturated carbocycles. The molecule has 90 heavy (non-hydrogen) atoms. The van der Waals surface area contributed by atoms with Gasteiger partial charge in [-0.05, 0) is 250 Å². The van der Waals surface area contributed by atoms with Gasteiger partial charge in [0, 0.05) is 30.3 Å². The molecule has 3 N–H and O–H groups in total. The van der Waals surface area contributed by atoms with Gasteiger partial charge in [0.25, 0.3) is 0 Å². The van der Waals surface area contributed by atoms with Crippen molar-refractivity contribution >= 4 is 22.7 Å². The van der Waals surface area contributed by atoms with Crippen LogP contribution in [0.5, 0.6) is 0 Å². The number of hydrogen-bond donors (Lipinski definition) is 3. The lowest BCUT2D eigenvalue weighted by molar-refractivity contribution is -0.340. The molecule has 12 aliphatic rings. The average Bonchev–Trinajstić information content (AvgIpc) is 1.19. The molecular formula is C83H104O7. The van der Waals surface area contributed by atoms with Gasteiger partial charge in [0.1, 0.15) is 12.7 Å². The number of carbonyl (C=O) groups excluding carboxylic acids is 2. The first-order valence-electron chi connectivity index (χ1n) is 36.8. The number of aliphatic hydroxyl groups excluding tert-OH is 2. The lowest BCUT2D eigenvalue weighted by Gasteiger charge is -2.72. The normalized spacial score (nSPS) is 40.6. The van der Waals surface area contributed by atoms with Gasteiger partial charge in [-0.15, -0.1) is 5.92 Å². The number of benzene rings is 4. The van der Waals surface area contributed by atoms with Gasteiger partial charge >= 0.3 is 11.9 Å². The Labute approximate surface area is 538 Å². The zero-order chi connectivity index (χ0) is 61.5. The summed E-state index contributed by atoms with van der Waals surface area (Å²) in [5, 5.41) is 46.1. The molecule has 478 valence electrons. The summed E-state index contributed by atoms with van der Waals surface area (Å²) in [5.41, 5.74) is 3.86. The fraction of sp³-hybridized carbons (Fsp3) is 0.663. The molecule has 0 saturated heterocycles. The quantitative estimate of drug-likeness (QED) is 0.0903. The van der Waals surface area contributed by atoms with Gasteiger partial charge < -0.3 is 24.8 Å². The van der Waals surface area contributed by atoms with Crippen LogP contribution in [-0.2, 0) is 30.9 Å². The maximum absolute atomic E-state index is 15.7. The van der Waals surface area contributed by atoms with Crippen LogP contribution in [0.25, 0.3) is 10.8 Å². The number of fused-ring (bicyclic) bond motifs is 8. The molecule has 2 bridgehead atoms. The standard InChI is InChI=1S/C83H104O7/c1-55(20-17-23-56-21-7-4-8-22-56)29-32-67(84)83-68(85)35-43-76(3,73(83)66-51-75(2,82(83,88)45-33-57-48-69(86)89-52-57)36-19-41-78(74(87)90-66)39-12-6-13-40-78)60-34-44-81-54-79(47-46-77(53-79)37-15-16-38-77)65-50-80(59-25-9-5-10-26-59)42-14-11-28-63(80)62-31-30-58-24-18-27-61(64(81)49-60)70(58)71(62)72(65)81/h4-5,7-10,18,21-22,24-27,30-31,48,55,60,63-68,72-73,84-85,88H,6,11-17,20,23,28-29,32-35,37-47,49-54H2,1-3H3. The van der Waals surface area contributed by atoms with Crippen molar-refractivity contribution in [1.82, 2.24) is 0 Å². The van der Waals surface area contributed by atoms with Crippen LogP contribution in [0.2, 0.25) is 0 Å². The van der Waals surface area contributed by atoms with Crippen molar-refractivity contribution < 1.29 is 34.4 Å². The number of cyclic esters (lactones) is 1. The maximum atomic E-state index is 15.7. The summed E-state index contributed by atoms with van der Waals surface area (Å²) in [6.07, 6.45) is 30.2. The van der Waals surface area contributed by atoms with Crippen molar-refractivity contribution in [3.63, 3.8) is 0 Å². The van der Waals surface area contributed by atoms with Crippen LogP contribution in [-0.4, -0.2) is 57.8 Å². The molecule has 10 aliphatic carbocycles. The minimum atomic E-state index is -1.76. The van der Waals surface area contributed by atoms with Gasteiger partial charge in [0.15, 0.2) is 0 Å². The predicted molar refractivity (Wildman–Crippen MR) is 355 cm³/mol. The predicted octanol–water partition coefficient (Wildman–Crippen LogP) is 17.8. The van der Waals surface area contributed by atoms with Crippen molar-refractivity contribution in [3.8, 4) is 11.8 Å². The van der Waals surface area contributed by atoms with Crippen molar-refractivity contribution in [3.05, 3.63) is 130 Å². The summed E-state index contributed by atoms with van der Waals surface area (Å²) in [5.74, 6) is 8.59. The molecule has 16 rings (SSSR count). The first-order valence-corrected chi connectivity index (χ1v) is 36.8. The topological polar surface area (TPSA) is 113 Å². The van der Waals surface area contributed by atoms with Crippen molar-refractivity contribution in [2.45, 2.75) is 273 Å². The van der Waals surface area contributed by atoms with Crippen LogP contribution in [0.15, 0.2) is 103 Å². The van der Waals surface area contributed by atoms with E-state index >= 15 is 9.90 Å². The zero-order valence-corrected chi connectivity index (χ0v) is 54.8. The average molecular weight is 1210 g/mol. The molecule has 0 radical (unpaired) electrons. The molecule has 8 fully saturated rings. The Morgan fingerprint density at radius 1 is 0.711 bits per heavy atom. The van der Waals surface area contributed by atoms with Gasteiger partial charge in [0.2, 0.25) is 0 Å². The number of hydrogen-bond acceptors (Lipinski definition) is 7. The number of aryl methyl sites for hydroxylation is 1. The smallest absolute Gasteiger partial charge is 0.331 e. The van der Waals surface area contributed by atoms with E-state index in [1.165, 1.54) is 94.4 Å². The third-order valence-electron chi connectivity index (χ3n) is 30.0. The first-order chi connectivity index (χ1) is 43.5. The Bertz CT molecular complexity index is 3510. The Kier molecular flexibility index (Phi) is 14.8. The van der Waals surface area contributed by atoms with Gasteiger partial charge in [-0.2, -0.15) is 0 Å². The number of rotatable bonds is 13. The van der Waals surface area contributed by atoms with Crippen molar-refractivity contribution in [2.24, 2.45) is 61.6 Å². The second-order valence-electron chi connectivity index (χ2n) is 33.9. The zero-order valence-electron chi connectivity index (χ0n) is 54.8. The summed E-state index contributed by atoms with van der Waals surface area (Å²) >= 11 is 0. The number of aliphatic hydroxyl groups is 3. The summed E-state index contributed by atoms with van der Waals surface area (Å²) in [6, 6.07) is 35.3. The second-order valence-corrected chi connectivity index (χ2v) is 33.9. The Hall–Kier alpha value is -4.74. The van der Waals surface area contributed by atoms with E-state index in [2.05, 4.69) is 124 Å². The molecule has 4 aromatic carbocycles. The number of esters is 2. The molecule has 7 nitrogen and oxygen atoms in total. The van der Waals surface area contributed by atoms with Crippen LogP contribution in [0.1, 0.15) is 265 Å². The second kappa shape index (κ2) is 22.2. The summed E-state index contributed by atoms with van der Waals surface area (Å²) in [7, 11) is 0. The minimum Gasteiger partial charge on any atom is -0.462 e. The van der Waals surface area contributed by atoms with E-state index in [1.54, 1.807) is 33.7 Å². The highest BCUT2D eigenvalue weighted by atomic mass is 16.5. The summed E-state index contributed by atoms with van der Waals surface area (Å²) in [6.45, 7) is 7.06.